The molecule has 3 aromatic rings. The summed E-state index contributed by atoms with van der Waals surface area (Å²) >= 11 is 1.50. The van der Waals surface area contributed by atoms with Crippen LogP contribution in [-0.4, -0.2) is 10.2 Å². The number of para-hydroxylation sites is 1. The molecule has 1 heterocycles. The van der Waals surface area contributed by atoms with Crippen LogP contribution in [0.1, 0.15) is 16.6 Å². The molecule has 4 nitrogen and oxygen atoms in total. The first-order valence-corrected chi connectivity index (χ1v) is 7.58. The molecule has 106 valence electrons. The molecule has 0 saturated carbocycles. The first kappa shape index (κ1) is 13.7. The fourth-order valence-corrected chi connectivity index (χ4v) is 2.80. The van der Waals surface area contributed by atoms with Crippen LogP contribution in [0.4, 0.5) is 10.8 Å². The van der Waals surface area contributed by atoms with Crippen molar-refractivity contribution in [3.05, 3.63) is 71.2 Å². The zero-order valence-electron chi connectivity index (χ0n) is 11.4. The summed E-state index contributed by atoms with van der Waals surface area (Å²) in [5, 5.41) is 13.2. The Kier molecular flexibility index (Phi) is 4.23. The number of nitrogens with zero attached hydrogens (tertiary/aromatic N) is 2. The summed E-state index contributed by atoms with van der Waals surface area (Å²) in [4.78, 5) is 0. The Morgan fingerprint density at radius 1 is 0.952 bits per heavy atom. The molecule has 1 unspecified atom stereocenters. The summed E-state index contributed by atoms with van der Waals surface area (Å²) in [5.74, 6) is 0. The highest BCUT2D eigenvalue weighted by Gasteiger charge is 2.13. The van der Waals surface area contributed by atoms with Crippen molar-refractivity contribution in [2.75, 3.05) is 5.32 Å². The molecule has 0 aliphatic rings. The van der Waals surface area contributed by atoms with E-state index in [1.165, 1.54) is 16.9 Å². The van der Waals surface area contributed by atoms with E-state index in [-0.39, 0.29) is 6.04 Å². The Hall–Kier alpha value is -2.24. The lowest BCUT2D eigenvalue weighted by atomic mass is 10.1. The largest absolute Gasteiger partial charge is 0.330 e. The molecule has 0 bridgehead atoms. The predicted octanol–water partition coefficient (Wildman–Crippen LogP) is 3.52. The van der Waals surface area contributed by atoms with Crippen molar-refractivity contribution in [3.8, 4) is 0 Å². The van der Waals surface area contributed by atoms with E-state index in [4.69, 9.17) is 5.73 Å². The normalized spacial score (nSPS) is 12.0. The molecule has 0 spiro atoms. The molecule has 5 heteroatoms. The van der Waals surface area contributed by atoms with Crippen LogP contribution >= 0.6 is 11.3 Å². The van der Waals surface area contributed by atoms with Crippen molar-refractivity contribution in [3.63, 3.8) is 0 Å². The average molecular weight is 296 g/mol. The smallest absolute Gasteiger partial charge is 0.210 e. The van der Waals surface area contributed by atoms with Gasteiger partial charge in [0.15, 0.2) is 0 Å². The first-order valence-electron chi connectivity index (χ1n) is 6.76. The van der Waals surface area contributed by atoms with Gasteiger partial charge in [-0.2, -0.15) is 0 Å². The monoisotopic (exact) mass is 296 g/mol. The van der Waals surface area contributed by atoms with Gasteiger partial charge < -0.3 is 11.1 Å². The van der Waals surface area contributed by atoms with Crippen LogP contribution < -0.4 is 11.1 Å². The van der Waals surface area contributed by atoms with E-state index in [1.807, 2.05) is 48.5 Å². The second-order valence-corrected chi connectivity index (χ2v) is 5.74. The number of rotatable bonds is 5. The summed E-state index contributed by atoms with van der Waals surface area (Å²) in [6.45, 7) is 0. The molecule has 3 N–H and O–H groups in total. The van der Waals surface area contributed by atoms with Gasteiger partial charge in [-0.1, -0.05) is 59.9 Å². The maximum Gasteiger partial charge on any atom is 0.210 e. The molecular formula is C16H16N4S. The van der Waals surface area contributed by atoms with Crippen LogP contribution in [0.25, 0.3) is 0 Å². The lowest BCUT2D eigenvalue weighted by molar-refractivity contribution is 0.704. The Morgan fingerprint density at radius 2 is 1.62 bits per heavy atom. The van der Waals surface area contributed by atoms with Crippen molar-refractivity contribution in [2.24, 2.45) is 5.73 Å². The van der Waals surface area contributed by atoms with E-state index < -0.39 is 0 Å². The van der Waals surface area contributed by atoms with Gasteiger partial charge in [0, 0.05) is 5.69 Å². The Balaban J connectivity index is 1.67. The van der Waals surface area contributed by atoms with Crippen LogP contribution in [0.2, 0.25) is 0 Å². The highest BCUT2D eigenvalue weighted by Crippen LogP contribution is 2.25. The van der Waals surface area contributed by atoms with Crippen molar-refractivity contribution < 1.29 is 0 Å². The molecular weight excluding hydrogens is 280 g/mol. The maximum absolute atomic E-state index is 6.21. The quantitative estimate of drug-likeness (QED) is 0.756. The number of nitrogens with one attached hydrogen (secondary N) is 1. The van der Waals surface area contributed by atoms with Crippen LogP contribution in [0, 0.1) is 0 Å². The maximum atomic E-state index is 6.21. The van der Waals surface area contributed by atoms with Crippen molar-refractivity contribution in [1.82, 2.24) is 10.2 Å². The Morgan fingerprint density at radius 3 is 2.33 bits per heavy atom. The molecule has 21 heavy (non-hydrogen) atoms. The minimum absolute atomic E-state index is 0.128. The third-order valence-electron chi connectivity index (χ3n) is 3.08. The molecule has 1 aromatic heterocycles. The second-order valence-electron chi connectivity index (χ2n) is 4.73. The van der Waals surface area contributed by atoms with Crippen molar-refractivity contribution in [1.29, 1.82) is 0 Å². The molecule has 0 saturated heterocycles. The molecule has 0 amide bonds. The number of hydrogen-bond acceptors (Lipinski definition) is 5. The van der Waals surface area contributed by atoms with E-state index in [2.05, 4.69) is 27.6 Å². The van der Waals surface area contributed by atoms with Gasteiger partial charge in [-0.15, -0.1) is 10.2 Å². The fourth-order valence-electron chi connectivity index (χ4n) is 2.04. The van der Waals surface area contributed by atoms with Gasteiger partial charge in [0.05, 0.1) is 6.04 Å². The molecule has 0 radical (unpaired) electrons. The standard InChI is InChI=1S/C16H16N4S/c17-14(11-12-7-3-1-4-8-12)15-19-20-16(21-15)18-13-9-5-2-6-10-13/h1-10,14H,11,17H2,(H,18,20). The van der Waals surface area contributed by atoms with Gasteiger partial charge >= 0.3 is 0 Å². The van der Waals surface area contributed by atoms with E-state index in [0.717, 1.165) is 22.2 Å². The highest BCUT2D eigenvalue weighted by atomic mass is 32.1. The number of hydrogen-bond donors (Lipinski definition) is 2. The molecule has 1 atom stereocenters. The van der Waals surface area contributed by atoms with Gasteiger partial charge in [-0.05, 0) is 24.1 Å². The fraction of sp³-hybridized carbons (Fsp3) is 0.125. The average Bonchev–Trinajstić information content (AvgIpc) is 2.98. The SMILES string of the molecule is NC(Cc1ccccc1)c1nnc(Nc2ccccc2)s1. The number of anilines is 2. The summed E-state index contributed by atoms with van der Waals surface area (Å²) in [6, 6.07) is 20.0. The van der Waals surface area contributed by atoms with Gasteiger partial charge in [0.1, 0.15) is 5.01 Å². The van der Waals surface area contributed by atoms with E-state index >= 15 is 0 Å². The second kappa shape index (κ2) is 6.47. The zero-order chi connectivity index (χ0) is 14.5. The minimum atomic E-state index is -0.128. The van der Waals surface area contributed by atoms with E-state index in [0.29, 0.717) is 0 Å². The van der Waals surface area contributed by atoms with Crippen molar-refractivity contribution >= 4 is 22.2 Å². The van der Waals surface area contributed by atoms with Gasteiger partial charge in [0.2, 0.25) is 5.13 Å². The molecule has 0 fully saturated rings. The van der Waals surface area contributed by atoms with E-state index in [9.17, 15) is 0 Å². The van der Waals surface area contributed by atoms with Crippen molar-refractivity contribution in [2.45, 2.75) is 12.5 Å². The van der Waals surface area contributed by atoms with Crippen LogP contribution in [0.3, 0.4) is 0 Å². The lowest BCUT2D eigenvalue weighted by Gasteiger charge is -2.07. The third-order valence-corrected chi connectivity index (χ3v) is 4.05. The summed E-state index contributed by atoms with van der Waals surface area (Å²) < 4.78 is 0. The first-order chi connectivity index (χ1) is 10.3. The number of aromatic nitrogens is 2. The molecule has 0 aliphatic carbocycles. The van der Waals surface area contributed by atoms with Crippen LogP contribution in [0.5, 0.6) is 0 Å². The zero-order valence-corrected chi connectivity index (χ0v) is 12.3. The minimum Gasteiger partial charge on any atom is -0.330 e. The molecule has 2 aromatic carbocycles. The third kappa shape index (κ3) is 3.65. The summed E-state index contributed by atoms with van der Waals surface area (Å²) in [5.41, 5.74) is 8.42. The summed E-state index contributed by atoms with van der Waals surface area (Å²) in [7, 11) is 0. The van der Waals surface area contributed by atoms with Gasteiger partial charge in [-0.3, -0.25) is 0 Å². The molecule has 0 aliphatic heterocycles. The topological polar surface area (TPSA) is 63.8 Å². The van der Waals surface area contributed by atoms with Gasteiger partial charge in [0.25, 0.3) is 0 Å². The summed E-state index contributed by atoms with van der Waals surface area (Å²) in [6.07, 6.45) is 0.765. The Labute approximate surface area is 127 Å². The van der Waals surface area contributed by atoms with Gasteiger partial charge in [-0.25, -0.2) is 0 Å². The Bertz CT molecular complexity index is 682. The highest BCUT2D eigenvalue weighted by molar-refractivity contribution is 7.15. The van der Waals surface area contributed by atoms with Crippen LogP contribution in [0.15, 0.2) is 60.7 Å². The van der Waals surface area contributed by atoms with Crippen LogP contribution in [-0.2, 0) is 6.42 Å². The predicted molar refractivity (Wildman–Crippen MR) is 86.7 cm³/mol. The number of benzene rings is 2. The lowest BCUT2D eigenvalue weighted by Crippen LogP contribution is -2.12. The van der Waals surface area contributed by atoms with E-state index in [1.54, 1.807) is 0 Å². The molecule has 3 rings (SSSR count). The number of nitrogens with two attached hydrogens (primary N) is 1.